The molecule has 3 N–H and O–H groups in total. The maximum absolute atomic E-state index is 13.9. The van der Waals surface area contributed by atoms with E-state index in [0.29, 0.717) is 17.9 Å². The Balaban J connectivity index is 0.00000481. The molecule has 0 aromatic heterocycles. The van der Waals surface area contributed by atoms with E-state index in [0.717, 1.165) is 11.1 Å². The van der Waals surface area contributed by atoms with Crippen LogP contribution in [0.15, 0.2) is 54.6 Å². The highest BCUT2D eigenvalue weighted by atomic mass is 35.5. The first-order chi connectivity index (χ1) is 16.8. The lowest BCUT2D eigenvalue weighted by molar-refractivity contribution is -0.147. The van der Waals surface area contributed by atoms with E-state index in [4.69, 9.17) is 10.5 Å². The summed E-state index contributed by atoms with van der Waals surface area (Å²) in [5.41, 5.74) is 8.33. The molecule has 2 aromatic carbocycles. The minimum atomic E-state index is -1.25. The number of hydrogen-bond acceptors (Lipinski definition) is 6. The number of aryl methyl sites for hydroxylation is 1. The zero-order valence-corrected chi connectivity index (χ0v) is 23.9. The van der Waals surface area contributed by atoms with Gasteiger partial charge in [0, 0.05) is 10.3 Å². The van der Waals surface area contributed by atoms with Gasteiger partial charge in [0.2, 0.25) is 5.91 Å². The second kappa shape index (κ2) is 12.3. The number of nitrogens with zero attached hydrogens (tertiary/aromatic N) is 1. The minimum absolute atomic E-state index is 0. The lowest BCUT2D eigenvalue weighted by Gasteiger charge is -2.35. The van der Waals surface area contributed by atoms with Gasteiger partial charge in [-0.1, -0.05) is 48.0 Å². The van der Waals surface area contributed by atoms with Crippen molar-refractivity contribution in [2.24, 2.45) is 5.73 Å². The van der Waals surface area contributed by atoms with Crippen molar-refractivity contribution in [3.05, 3.63) is 71.3 Å². The molecule has 1 aliphatic heterocycles. The van der Waals surface area contributed by atoms with E-state index in [1.54, 1.807) is 12.1 Å². The summed E-state index contributed by atoms with van der Waals surface area (Å²) in [4.78, 5) is 41.8. The largest absolute Gasteiger partial charge is 0.447 e. The number of nitrogens with one attached hydrogen (secondary N) is 1. The number of thioether (sulfide) groups is 1. The zero-order chi connectivity index (χ0) is 26.7. The molecule has 0 unspecified atom stereocenters. The van der Waals surface area contributed by atoms with E-state index in [2.05, 4.69) is 5.32 Å². The number of benzene rings is 2. The van der Waals surface area contributed by atoms with Crippen LogP contribution in [0.4, 0.5) is 0 Å². The molecule has 1 heterocycles. The van der Waals surface area contributed by atoms with Crippen molar-refractivity contribution < 1.29 is 19.1 Å². The molecule has 202 valence electrons. The average Bonchev–Trinajstić information content (AvgIpc) is 3.11. The van der Waals surface area contributed by atoms with Crippen LogP contribution < -0.4 is 11.1 Å². The van der Waals surface area contributed by atoms with Gasteiger partial charge in [-0.15, -0.1) is 24.2 Å². The summed E-state index contributed by atoms with van der Waals surface area (Å²) in [6, 6.07) is 14.9. The maximum Gasteiger partial charge on any atom is 0.338 e. The predicted octanol–water partition coefficient (Wildman–Crippen LogP) is 4.11. The van der Waals surface area contributed by atoms with Gasteiger partial charge in [0.05, 0.1) is 17.5 Å². The van der Waals surface area contributed by atoms with Gasteiger partial charge in [0.25, 0.3) is 5.91 Å². The molecule has 0 radical (unpaired) electrons. The van der Waals surface area contributed by atoms with Gasteiger partial charge in [-0.25, -0.2) is 4.79 Å². The van der Waals surface area contributed by atoms with Gasteiger partial charge in [0.15, 0.2) is 6.10 Å². The Morgan fingerprint density at radius 3 is 2.27 bits per heavy atom. The smallest absolute Gasteiger partial charge is 0.338 e. The van der Waals surface area contributed by atoms with Gasteiger partial charge < -0.3 is 20.7 Å². The number of ether oxygens (including phenoxy) is 1. The first kappa shape index (κ1) is 30.7. The molecule has 1 fully saturated rings. The molecule has 37 heavy (non-hydrogen) atoms. The predicted molar refractivity (Wildman–Crippen MR) is 151 cm³/mol. The molecule has 2 aromatic rings. The maximum atomic E-state index is 13.9. The summed E-state index contributed by atoms with van der Waals surface area (Å²) in [5.74, 6) is -1.04. The Morgan fingerprint density at radius 2 is 1.70 bits per heavy atom. The Hall–Kier alpha value is -2.55. The highest BCUT2D eigenvalue weighted by Gasteiger charge is 2.50. The third-order valence-corrected chi connectivity index (χ3v) is 7.42. The van der Waals surface area contributed by atoms with Crippen molar-refractivity contribution in [2.75, 3.05) is 5.88 Å². The molecular weight excluding hydrogens is 510 g/mol. The fourth-order valence-electron chi connectivity index (χ4n) is 4.20. The van der Waals surface area contributed by atoms with Crippen molar-refractivity contribution in [1.82, 2.24) is 10.2 Å². The van der Waals surface area contributed by atoms with Crippen molar-refractivity contribution in [1.29, 1.82) is 0 Å². The molecule has 0 spiro atoms. The zero-order valence-electron chi connectivity index (χ0n) is 22.3. The minimum Gasteiger partial charge on any atom is -0.447 e. The molecule has 1 saturated heterocycles. The molecule has 3 rings (SSSR count). The molecule has 3 atom stereocenters. The SMILES string of the molecule is Cc1ccc(C(=O)O[C@H](C(=O)N2CSC(C)(C)[C@H]2C(=O)NC(C)(C)C)[C@@H](N)Cc2ccccc2)cc1.Cl. The van der Waals surface area contributed by atoms with Crippen LogP contribution in [0.1, 0.15) is 56.1 Å². The van der Waals surface area contributed by atoms with Gasteiger partial charge in [0.1, 0.15) is 6.04 Å². The number of amides is 2. The third-order valence-electron chi connectivity index (χ3n) is 6.04. The first-order valence-corrected chi connectivity index (χ1v) is 13.1. The third kappa shape index (κ3) is 7.97. The van der Waals surface area contributed by atoms with Crippen LogP contribution in [-0.4, -0.2) is 57.0 Å². The van der Waals surface area contributed by atoms with Crippen LogP contribution in [0.3, 0.4) is 0 Å². The van der Waals surface area contributed by atoms with Crippen LogP contribution in [0.2, 0.25) is 0 Å². The van der Waals surface area contributed by atoms with Gasteiger partial charge in [-0.2, -0.15) is 0 Å². The number of carbonyl (C=O) groups excluding carboxylic acids is 3. The average molecular weight is 548 g/mol. The highest BCUT2D eigenvalue weighted by molar-refractivity contribution is 8.00. The van der Waals surface area contributed by atoms with Gasteiger partial charge in [-0.05, 0) is 65.7 Å². The summed E-state index contributed by atoms with van der Waals surface area (Å²) in [6.45, 7) is 11.5. The quantitative estimate of drug-likeness (QED) is 0.506. The van der Waals surface area contributed by atoms with E-state index in [-0.39, 0.29) is 18.3 Å². The van der Waals surface area contributed by atoms with Crippen LogP contribution in [-0.2, 0) is 20.7 Å². The van der Waals surface area contributed by atoms with Crippen LogP contribution in [0, 0.1) is 6.92 Å². The summed E-state index contributed by atoms with van der Waals surface area (Å²) in [7, 11) is 0. The number of carbonyl (C=O) groups is 3. The Morgan fingerprint density at radius 1 is 1.11 bits per heavy atom. The van der Waals surface area contributed by atoms with Crippen molar-refractivity contribution >= 4 is 42.0 Å². The molecule has 0 bridgehead atoms. The van der Waals surface area contributed by atoms with Crippen LogP contribution in [0.25, 0.3) is 0 Å². The van der Waals surface area contributed by atoms with Gasteiger partial charge >= 0.3 is 5.97 Å². The molecule has 0 aliphatic carbocycles. The summed E-state index contributed by atoms with van der Waals surface area (Å²) in [6.07, 6.45) is -0.916. The Labute approximate surface area is 230 Å². The Bertz CT molecular complexity index is 1090. The van der Waals surface area contributed by atoms with Crippen molar-refractivity contribution in [2.45, 2.75) is 76.4 Å². The van der Waals surface area contributed by atoms with Crippen LogP contribution in [0.5, 0.6) is 0 Å². The first-order valence-electron chi connectivity index (χ1n) is 12.1. The van der Waals surface area contributed by atoms with Gasteiger partial charge in [-0.3, -0.25) is 9.59 Å². The molecule has 1 aliphatic rings. The standard InChI is InChI=1S/C28H37N3O4S.ClH/c1-18-12-14-20(15-13-18)26(34)35-22(21(29)16-19-10-8-7-9-11-19)25(33)31-17-36-28(5,6)23(31)24(32)30-27(2,3)4;/h7-15,21-23H,16-17,29H2,1-6H3,(H,30,32);1H/t21-,22-,23+;/m0./s1. The highest BCUT2D eigenvalue weighted by Crippen LogP contribution is 2.40. The lowest BCUT2D eigenvalue weighted by atomic mass is 9.96. The van der Waals surface area contributed by atoms with E-state index in [9.17, 15) is 14.4 Å². The number of halogens is 1. The van der Waals surface area contributed by atoms with E-state index >= 15 is 0 Å². The molecule has 0 saturated carbocycles. The molecular formula is C28H38ClN3O4S. The number of hydrogen-bond donors (Lipinski definition) is 2. The monoisotopic (exact) mass is 547 g/mol. The topological polar surface area (TPSA) is 102 Å². The van der Waals surface area contributed by atoms with E-state index in [1.807, 2.05) is 84.0 Å². The van der Waals surface area contributed by atoms with E-state index < -0.39 is 40.4 Å². The fraction of sp³-hybridized carbons (Fsp3) is 0.464. The van der Waals surface area contributed by atoms with Crippen molar-refractivity contribution in [3.63, 3.8) is 0 Å². The summed E-state index contributed by atoms with van der Waals surface area (Å²) < 4.78 is 5.26. The molecule has 2 amide bonds. The Kier molecular flexibility index (Phi) is 10.2. The number of rotatable bonds is 7. The fourth-order valence-corrected chi connectivity index (χ4v) is 5.34. The summed E-state index contributed by atoms with van der Waals surface area (Å²) >= 11 is 1.51. The number of esters is 1. The normalized spacial score (nSPS) is 18.4. The second-order valence-electron chi connectivity index (χ2n) is 10.9. The second-order valence-corrected chi connectivity index (χ2v) is 12.5. The molecule has 7 nitrogen and oxygen atoms in total. The number of nitrogens with two attached hydrogens (primary N) is 1. The molecule has 9 heteroatoms. The lowest BCUT2D eigenvalue weighted by Crippen LogP contribution is -2.60. The van der Waals surface area contributed by atoms with E-state index in [1.165, 1.54) is 16.7 Å². The van der Waals surface area contributed by atoms with Crippen molar-refractivity contribution in [3.8, 4) is 0 Å². The summed E-state index contributed by atoms with van der Waals surface area (Å²) in [5, 5.41) is 3.00. The van der Waals surface area contributed by atoms with Crippen LogP contribution >= 0.6 is 24.2 Å².